The quantitative estimate of drug-likeness (QED) is 0.741. The van der Waals surface area contributed by atoms with E-state index >= 15 is 0 Å². The molecule has 2 aromatic carbocycles. The van der Waals surface area contributed by atoms with Gasteiger partial charge in [-0.15, -0.1) is 0 Å². The monoisotopic (exact) mass is 266 g/mol. The van der Waals surface area contributed by atoms with Gasteiger partial charge in [0.2, 0.25) is 5.78 Å². The Kier molecular flexibility index (Phi) is 2.99. The van der Waals surface area contributed by atoms with Crippen LogP contribution in [0.5, 0.6) is 5.75 Å². The number of aryl methyl sites for hydroxylation is 1. The fraction of sp³-hybridized carbons (Fsp3) is 0.125. The summed E-state index contributed by atoms with van der Waals surface area (Å²) in [5, 5.41) is 14.6. The first-order valence-corrected chi connectivity index (χ1v) is 6.50. The topological polar surface area (TPSA) is 55.1 Å². The van der Waals surface area contributed by atoms with Crippen molar-refractivity contribution in [2.45, 2.75) is 13.5 Å². The van der Waals surface area contributed by atoms with Crippen LogP contribution in [-0.2, 0) is 6.54 Å². The number of rotatable bonds is 3. The minimum atomic E-state index is -0.131. The lowest BCUT2D eigenvalue weighted by Gasteiger charge is -1.98. The van der Waals surface area contributed by atoms with Crippen molar-refractivity contribution >= 4 is 16.7 Å². The van der Waals surface area contributed by atoms with Gasteiger partial charge in [0.25, 0.3) is 0 Å². The predicted molar refractivity (Wildman–Crippen MR) is 76.9 cm³/mol. The van der Waals surface area contributed by atoms with E-state index in [4.69, 9.17) is 0 Å². The van der Waals surface area contributed by atoms with E-state index in [-0.39, 0.29) is 11.5 Å². The number of hydrogen-bond donors (Lipinski definition) is 1. The number of ketones is 1. The molecule has 0 radical (unpaired) electrons. The van der Waals surface area contributed by atoms with Gasteiger partial charge in [-0.1, -0.05) is 18.2 Å². The number of benzene rings is 2. The minimum Gasteiger partial charge on any atom is -0.508 e. The molecular formula is C16H14N2O2. The highest BCUT2D eigenvalue weighted by molar-refractivity contribution is 6.14. The third-order valence-electron chi connectivity index (χ3n) is 3.30. The van der Waals surface area contributed by atoms with Gasteiger partial charge in [-0.25, -0.2) is 0 Å². The SMILES string of the molecule is CCn1nc(C(=O)c2ccc(O)cc2)c2ccccc21. The normalized spacial score (nSPS) is 10.8. The molecule has 1 N–H and O–H groups in total. The van der Waals surface area contributed by atoms with Gasteiger partial charge in [-0.05, 0) is 37.3 Å². The smallest absolute Gasteiger partial charge is 0.213 e. The van der Waals surface area contributed by atoms with Gasteiger partial charge < -0.3 is 5.11 Å². The van der Waals surface area contributed by atoms with Crippen molar-refractivity contribution in [3.05, 3.63) is 59.8 Å². The highest BCUT2D eigenvalue weighted by Crippen LogP contribution is 2.22. The third-order valence-corrected chi connectivity index (χ3v) is 3.30. The van der Waals surface area contributed by atoms with Crippen LogP contribution in [0.15, 0.2) is 48.5 Å². The molecule has 0 aliphatic rings. The van der Waals surface area contributed by atoms with E-state index in [2.05, 4.69) is 5.10 Å². The predicted octanol–water partition coefficient (Wildman–Crippen LogP) is 2.99. The highest BCUT2D eigenvalue weighted by atomic mass is 16.3. The molecule has 0 unspecified atom stereocenters. The molecule has 0 fully saturated rings. The molecule has 0 atom stereocenters. The Bertz CT molecular complexity index is 773. The first-order chi connectivity index (χ1) is 9.70. The summed E-state index contributed by atoms with van der Waals surface area (Å²) < 4.78 is 1.82. The van der Waals surface area contributed by atoms with Gasteiger partial charge in [-0.2, -0.15) is 5.10 Å². The summed E-state index contributed by atoms with van der Waals surface area (Å²) in [6.07, 6.45) is 0. The Labute approximate surface area is 116 Å². The molecule has 4 heteroatoms. The molecule has 0 aliphatic heterocycles. The molecule has 3 aromatic rings. The molecule has 20 heavy (non-hydrogen) atoms. The summed E-state index contributed by atoms with van der Waals surface area (Å²) in [5.41, 5.74) is 1.93. The van der Waals surface area contributed by atoms with Gasteiger partial charge in [0, 0.05) is 17.5 Å². The second kappa shape index (κ2) is 4.81. The standard InChI is InChI=1S/C16H14N2O2/c1-2-18-14-6-4-3-5-13(14)15(17-18)16(20)11-7-9-12(19)10-8-11/h3-10,19H,2H2,1H3. The van der Waals surface area contributed by atoms with Gasteiger partial charge in [0.05, 0.1) is 5.52 Å². The van der Waals surface area contributed by atoms with Crippen LogP contribution >= 0.6 is 0 Å². The van der Waals surface area contributed by atoms with E-state index in [1.165, 1.54) is 12.1 Å². The molecule has 1 heterocycles. The number of phenols is 1. The summed E-state index contributed by atoms with van der Waals surface area (Å²) in [6, 6.07) is 13.9. The van der Waals surface area contributed by atoms with Crippen molar-refractivity contribution in [1.82, 2.24) is 9.78 Å². The van der Waals surface area contributed by atoms with Crippen LogP contribution in [0.1, 0.15) is 23.0 Å². The molecule has 0 spiro atoms. The third kappa shape index (κ3) is 1.95. The van der Waals surface area contributed by atoms with Gasteiger partial charge in [0.1, 0.15) is 11.4 Å². The molecule has 0 bridgehead atoms. The summed E-state index contributed by atoms with van der Waals surface area (Å²) >= 11 is 0. The molecule has 0 aliphatic carbocycles. The molecule has 100 valence electrons. The maximum absolute atomic E-state index is 12.5. The Morgan fingerprint density at radius 1 is 1.15 bits per heavy atom. The van der Waals surface area contributed by atoms with Crippen molar-refractivity contribution in [1.29, 1.82) is 0 Å². The van der Waals surface area contributed by atoms with Crippen molar-refractivity contribution in [2.75, 3.05) is 0 Å². The summed E-state index contributed by atoms with van der Waals surface area (Å²) in [6.45, 7) is 2.71. The van der Waals surface area contributed by atoms with Crippen molar-refractivity contribution in [2.24, 2.45) is 0 Å². The van der Waals surface area contributed by atoms with Crippen molar-refractivity contribution in [3.63, 3.8) is 0 Å². The van der Waals surface area contributed by atoms with Crippen LogP contribution in [0.4, 0.5) is 0 Å². The van der Waals surface area contributed by atoms with Gasteiger partial charge in [0.15, 0.2) is 0 Å². The van der Waals surface area contributed by atoms with E-state index < -0.39 is 0 Å². The van der Waals surface area contributed by atoms with E-state index in [0.29, 0.717) is 17.8 Å². The fourth-order valence-electron chi connectivity index (χ4n) is 2.29. The summed E-state index contributed by atoms with van der Waals surface area (Å²) in [7, 11) is 0. The Balaban J connectivity index is 2.14. The Morgan fingerprint density at radius 2 is 1.85 bits per heavy atom. The molecule has 0 amide bonds. The molecule has 3 rings (SSSR count). The summed E-state index contributed by atoms with van der Waals surface area (Å²) in [4.78, 5) is 12.5. The molecular weight excluding hydrogens is 252 g/mol. The number of carbonyl (C=O) groups excluding carboxylic acids is 1. The largest absolute Gasteiger partial charge is 0.508 e. The van der Waals surface area contributed by atoms with E-state index in [0.717, 1.165) is 10.9 Å². The zero-order valence-electron chi connectivity index (χ0n) is 11.1. The average Bonchev–Trinajstić information content (AvgIpc) is 2.86. The highest BCUT2D eigenvalue weighted by Gasteiger charge is 2.17. The lowest BCUT2D eigenvalue weighted by atomic mass is 10.1. The lowest BCUT2D eigenvalue weighted by molar-refractivity contribution is 0.103. The van der Waals surface area contributed by atoms with Crippen LogP contribution in [-0.4, -0.2) is 20.7 Å². The van der Waals surface area contributed by atoms with Crippen molar-refractivity contribution in [3.8, 4) is 5.75 Å². The minimum absolute atomic E-state index is 0.131. The van der Waals surface area contributed by atoms with Crippen LogP contribution in [0.2, 0.25) is 0 Å². The number of fused-ring (bicyclic) bond motifs is 1. The number of para-hydroxylation sites is 1. The number of aromatic hydroxyl groups is 1. The summed E-state index contributed by atoms with van der Waals surface area (Å²) in [5.74, 6) is 0.0129. The lowest BCUT2D eigenvalue weighted by Crippen LogP contribution is -2.04. The van der Waals surface area contributed by atoms with Crippen LogP contribution in [0, 0.1) is 0 Å². The zero-order valence-corrected chi connectivity index (χ0v) is 11.1. The number of phenolic OH excluding ortho intramolecular Hbond substituents is 1. The van der Waals surface area contributed by atoms with E-state index in [1.54, 1.807) is 12.1 Å². The number of nitrogens with zero attached hydrogens (tertiary/aromatic N) is 2. The zero-order chi connectivity index (χ0) is 14.1. The van der Waals surface area contributed by atoms with Crippen LogP contribution in [0.3, 0.4) is 0 Å². The molecule has 4 nitrogen and oxygen atoms in total. The Hall–Kier alpha value is -2.62. The molecule has 1 aromatic heterocycles. The van der Waals surface area contributed by atoms with Crippen LogP contribution < -0.4 is 0 Å². The second-order valence-corrected chi connectivity index (χ2v) is 4.56. The number of carbonyl (C=O) groups is 1. The maximum Gasteiger partial charge on any atom is 0.213 e. The van der Waals surface area contributed by atoms with E-state index in [9.17, 15) is 9.90 Å². The number of hydrogen-bond acceptors (Lipinski definition) is 3. The van der Waals surface area contributed by atoms with Gasteiger partial charge in [-0.3, -0.25) is 9.48 Å². The fourth-order valence-corrected chi connectivity index (χ4v) is 2.29. The van der Waals surface area contributed by atoms with E-state index in [1.807, 2.05) is 35.9 Å². The van der Waals surface area contributed by atoms with Gasteiger partial charge >= 0.3 is 0 Å². The second-order valence-electron chi connectivity index (χ2n) is 4.56. The first kappa shape index (κ1) is 12.4. The number of aromatic nitrogens is 2. The molecule has 0 saturated heterocycles. The molecule has 0 saturated carbocycles. The maximum atomic E-state index is 12.5. The van der Waals surface area contributed by atoms with Crippen LogP contribution in [0.25, 0.3) is 10.9 Å². The Morgan fingerprint density at radius 3 is 2.55 bits per heavy atom. The average molecular weight is 266 g/mol. The first-order valence-electron chi connectivity index (χ1n) is 6.50. The van der Waals surface area contributed by atoms with Crippen molar-refractivity contribution < 1.29 is 9.90 Å².